The van der Waals surface area contributed by atoms with Crippen molar-refractivity contribution in [3.63, 3.8) is 0 Å². The summed E-state index contributed by atoms with van der Waals surface area (Å²) in [6.07, 6.45) is 0.849. The first-order chi connectivity index (χ1) is 17.7. The summed E-state index contributed by atoms with van der Waals surface area (Å²) in [4.78, 5) is 28.3. The maximum atomic E-state index is 13.7. The highest BCUT2D eigenvalue weighted by atomic mass is 16.7. The Morgan fingerprint density at radius 1 is 1.08 bits per heavy atom. The molecular weight excluding hydrogens is 474 g/mol. The fraction of sp³-hybridized carbons (Fsp3) is 0.464. The van der Waals surface area contributed by atoms with Crippen LogP contribution < -0.4 is 14.2 Å². The number of ether oxygens (including phenoxy) is 4. The second kappa shape index (κ2) is 11.2. The first kappa shape index (κ1) is 26.5. The first-order valence-electron chi connectivity index (χ1n) is 12.4. The summed E-state index contributed by atoms with van der Waals surface area (Å²) in [7, 11) is 3.20. The van der Waals surface area contributed by atoms with Gasteiger partial charge >= 0.3 is 0 Å². The maximum Gasteiger partial charge on any atom is 0.262 e. The van der Waals surface area contributed by atoms with Crippen molar-refractivity contribution in [2.45, 2.75) is 39.7 Å². The zero-order valence-corrected chi connectivity index (χ0v) is 22.2. The quantitative estimate of drug-likeness (QED) is 0.507. The average Bonchev–Trinajstić information content (AvgIpc) is 3.52. The number of benzene rings is 2. The van der Waals surface area contributed by atoms with Crippen molar-refractivity contribution in [3.8, 4) is 17.2 Å². The van der Waals surface area contributed by atoms with E-state index in [-0.39, 0.29) is 36.6 Å². The molecule has 2 aliphatic rings. The van der Waals surface area contributed by atoms with Gasteiger partial charge in [0.25, 0.3) is 5.91 Å². The summed E-state index contributed by atoms with van der Waals surface area (Å²) in [5.74, 6) is 1.72. The molecule has 9 heteroatoms. The van der Waals surface area contributed by atoms with Crippen molar-refractivity contribution in [2.75, 3.05) is 40.7 Å². The van der Waals surface area contributed by atoms with E-state index in [1.165, 1.54) is 5.01 Å². The highest BCUT2D eigenvalue weighted by molar-refractivity contribution is 6.03. The van der Waals surface area contributed by atoms with E-state index in [4.69, 9.17) is 24.0 Å². The molecule has 0 aromatic heterocycles. The van der Waals surface area contributed by atoms with Crippen LogP contribution in [0.2, 0.25) is 0 Å². The summed E-state index contributed by atoms with van der Waals surface area (Å²) in [6.45, 7) is 6.76. The van der Waals surface area contributed by atoms with Gasteiger partial charge in [-0.1, -0.05) is 26.8 Å². The van der Waals surface area contributed by atoms with E-state index in [0.29, 0.717) is 37.5 Å². The van der Waals surface area contributed by atoms with Crippen molar-refractivity contribution >= 4 is 17.5 Å². The predicted molar refractivity (Wildman–Crippen MR) is 139 cm³/mol. The SMILES string of the molecule is COCCN(CC(=O)N1N=C(c2ccc(OC)cc2)C[C@@H]1c1ccc2c(c1)OCO2)C(=O)CC(C)(C)C. The van der Waals surface area contributed by atoms with E-state index in [2.05, 4.69) is 0 Å². The molecule has 9 nitrogen and oxygen atoms in total. The van der Waals surface area contributed by atoms with Crippen LogP contribution in [-0.2, 0) is 14.3 Å². The van der Waals surface area contributed by atoms with Crippen LogP contribution in [0.1, 0.15) is 50.8 Å². The summed E-state index contributed by atoms with van der Waals surface area (Å²) < 4.78 is 21.5. The van der Waals surface area contributed by atoms with Gasteiger partial charge in [0.15, 0.2) is 11.5 Å². The lowest BCUT2D eigenvalue weighted by atomic mass is 9.91. The van der Waals surface area contributed by atoms with Gasteiger partial charge in [0, 0.05) is 26.5 Å². The van der Waals surface area contributed by atoms with E-state index >= 15 is 0 Å². The molecule has 198 valence electrons. The van der Waals surface area contributed by atoms with Gasteiger partial charge in [-0.25, -0.2) is 5.01 Å². The number of hydrogen-bond donors (Lipinski definition) is 0. The monoisotopic (exact) mass is 509 g/mol. The standard InChI is InChI=1S/C28H35N3O6/c1-28(2,3)16-26(32)30(12-13-34-4)17-27(33)31-23(20-8-11-24-25(14-20)37-18-36-24)15-22(29-31)19-6-9-21(35-5)10-7-19/h6-11,14,23H,12-13,15-18H2,1-5H3/t23-/m1/s1. The van der Waals surface area contributed by atoms with Crippen molar-refractivity contribution in [1.29, 1.82) is 0 Å². The Kier molecular flexibility index (Phi) is 8.02. The van der Waals surface area contributed by atoms with Gasteiger partial charge in [-0.2, -0.15) is 5.10 Å². The fourth-order valence-corrected chi connectivity index (χ4v) is 4.37. The molecule has 2 heterocycles. The molecule has 0 saturated heterocycles. The molecule has 0 spiro atoms. The molecule has 0 N–H and O–H groups in total. The molecule has 0 fully saturated rings. The average molecular weight is 510 g/mol. The zero-order valence-electron chi connectivity index (χ0n) is 22.2. The molecule has 0 aliphatic carbocycles. The molecule has 0 unspecified atom stereocenters. The van der Waals surface area contributed by atoms with Crippen molar-refractivity contribution < 1.29 is 28.5 Å². The molecule has 0 bridgehead atoms. The second-order valence-electron chi connectivity index (χ2n) is 10.4. The summed E-state index contributed by atoms with van der Waals surface area (Å²) in [5, 5.41) is 6.25. The largest absolute Gasteiger partial charge is 0.497 e. The third kappa shape index (κ3) is 6.40. The van der Waals surface area contributed by atoms with Gasteiger partial charge in [0.05, 0.1) is 25.5 Å². The fourth-order valence-electron chi connectivity index (χ4n) is 4.37. The van der Waals surface area contributed by atoms with Crippen LogP contribution in [0.15, 0.2) is 47.6 Å². The number of rotatable bonds is 9. The highest BCUT2D eigenvalue weighted by Crippen LogP contribution is 2.39. The number of methoxy groups -OCH3 is 2. The third-order valence-electron chi connectivity index (χ3n) is 6.30. The molecule has 2 aromatic carbocycles. The van der Waals surface area contributed by atoms with Crippen molar-refractivity contribution in [2.24, 2.45) is 10.5 Å². The zero-order chi connectivity index (χ0) is 26.6. The molecular formula is C28H35N3O6. The molecule has 0 radical (unpaired) electrons. The summed E-state index contributed by atoms with van der Waals surface area (Å²) in [5.41, 5.74) is 2.37. The number of nitrogens with zero attached hydrogens (tertiary/aromatic N) is 3. The molecule has 2 aromatic rings. The van der Waals surface area contributed by atoms with Gasteiger partial charge in [-0.05, 0) is 52.9 Å². The van der Waals surface area contributed by atoms with E-state index in [1.54, 1.807) is 19.1 Å². The van der Waals surface area contributed by atoms with E-state index in [0.717, 1.165) is 22.6 Å². The van der Waals surface area contributed by atoms with Crippen molar-refractivity contribution in [1.82, 2.24) is 9.91 Å². The summed E-state index contributed by atoms with van der Waals surface area (Å²) >= 11 is 0. The molecule has 2 amide bonds. The minimum absolute atomic E-state index is 0.0846. The van der Waals surface area contributed by atoms with E-state index < -0.39 is 0 Å². The number of carbonyl (C=O) groups is 2. The number of fused-ring (bicyclic) bond motifs is 1. The van der Waals surface area contributed by atoms with Crippen LogP contribution in [0, 0.1) is 5.41 Å². The Morgan fingerprint density at radius 3 is 2.49 bits per heavy atom. The van der Waals surface area contributed by atoms with Crippen molar-refractivity contribution in [3.05, 3.63) is 53.6 Å². The normalized spacial score (nSPS) is 16.5. The van der Waals surface area contributed by atoms with Gasteiger partial charge in [0.2, 0.25) is 12.7 Å². The minimum Gasteiger partial charge on any atom is -0.497 e. The first-order valence-corrected chi connectivity index (χ1v) is 12.4. The molecule has 0 saturated carbocycles. The van der Waals surface area contributed by atoms with Crippen LogP contribution in [-0.4, -0.2) is 68.1 Å². The minimum atomic E-state index is -0.346. The number of hydrazone groups is 1. The number of amides is 2. The lowest BCUT2D eigenvalue weighted by Crippen LogP contribution is -2.43. The number of hydrogen-bond acceptors (Lipinski definition) is 7. The third-order valence-corrected chi connectivity index (χ3v) is 6.30. The van der Waals surface area contributed by atoms with Crippen LogP contribution in [0.5, 0.6) is 17.2 Å². The van der Waals surface area contributed by atoms with E-state index in [1.807, 2.05) is 63.2 Å². The van der Waals surface area contributed by atoms with E-state index in [9.17, 15) is 9.59 Å². The maximum absolute atomic E-state index is 13.7. The van der Waals surface area contributed by atoms with Gasteiger partial charge in [-0.15, -0.1) is 0 Å². The van der Waals surface area contributed by atoms with Crippen LogP contribution in [0.3, 0.4) is 0 Å². The second-order valence-corrected chi connectivity index (χ2v) is 10.4. The number of carbonyl (C=O) groups excluding carboxylic acids is 2. The lowest BCUT2D eigenvalue weighted by molar-refractivity contribution is -0.143. The predicted octanol–water partition coefficient (Wildman–Crippen LogP) is 4.01. The lowest BCUT2D eigenvalue weighted by Gasteiger charge is -2.29. The van der Waals surface area contributed by atoms with Gasteiger partial charge in [0.1, 0.15) is 12.3 Å². The molecule has 37 heavy (non-hydrogen) atoms. The molecule has 4 rings (SSSR count). The Bertz CT molecular complexity index is 1160. The topological polar surface area (TPSA) is 89.9 Å². The Morgan fingerprint density at radius 2 is 1.81 bits per heavy atom. The molecule has 1 atom stereocenters. The van der Waals surface area contributed by atoms with Crippen LogP contribution in [0.25, 0.3) is 0 Å². The smallest absolute Gasteiger partial charge is 0.262 e. The van der Waals surface area contributed by atoms with Gasteiger partial charge in [-0.3, -0.25) is 9.59 Å². The Balaban J connectivity index is 1.62. The Labute approximate surface area is 217 Å². The summed E-state index contributed by atoms with van der Waals surface area (Å²) in [6, 6.07) is 12.9. The molecule has 2 aliphatic heterocycles. The van der Waals surface area contributed by atoms with Crippen LogP contribution >= 0.6 is 0 Å². The van der Waals surface area contributed by atoms with Gasteiger partial charge < -0.3 is 23.8 Å². The highest BCUT2D eigenvalue weighted by Gasteiger charge is 2.35. The van der Waals surface area contributed by atoms with Crippen LogP contribution in [0.4, 0.5) is 0 Å². The Hall–Kier alpha value is -3.59.